The van der Waals surface area contributed by atoms with Gasteiger partial charge in [0.25, 0.3) is 17.3 Å². The first-order chi connectivity index (χ1) is 63.2. The first kappa shape index (κ1) is 117. The molecule has 135 heavy (non-hydrogen) atoms. The largest absolute Gasteiger partial charge is 0.508 e. The number of isothiocyanates is 1. The summed E-state index contributed by atoms with van der Waals surface area (Å²) < 4.78 is 31.6. The average molecular weight is 1990 g/mol. The van der Waals surface area contributed by atoms with Crippen LogP contribution in [0.15, 0.2) is 137 Å². The first-order valence-electron chi connectivity index (χ1n) is 42.8. The summed E-state index contributed by atoms with van der Waals surface area (Å²) in [5.74, 6) is 8.69. The topological polar surface area (TPSA) is 418 Å². The molecule has 0 aliphatic heterocycles. The maximum Gasteiger partial charge on any atom is 0.271 e. The predicted octanol–water partition coefficient (Wildman–Crippen LogP) is 17.5. The molecule has 0 saturated carbocycles. The van der Waals surface area contributed by atoms with Crippen LogP contribution in [0.4, 0.5) is 39.8 Å². The summed E-state index contributed by atoms with van der Waals surface area (Å²) in [5.41, 5.74) is 11.0. The molecule has 10 rings (SSSR count). The highest BCUT2D eigenvalue weighted by molar-refractivity contribution is 9.10. The number of methoxy groups -OCH3 is 5. The lowest BCUT2D eigenvalue weighted by atomic mass is 9.98. The smallest absolute Gasteiger partial charge is 0.271 e. The van der Waals surface area contributed by atoms with Crippen molar-refractivity contribution in [1.29, 1.82) is 0 Å². The van der Waals surface area contributed by atoms with Crippen LogP contribution in [0.3, 0.4) is 0 Å². The van der Waals surface area contributed by atoms with Gasteiger partial charge in [0.15, 0.2) is 21.2 Å². The molecule has 0 atom stereocenters. The number of ether oxygens (including phenoxy) is 5. The Labute approximate surface area is 818 Å². The number of thiocarbonyl (C=S) groups is 1. The summed E-state index contributed by atoms with van der Waals surface area (Å²) in [6, 6.07) is 35.0. The Balaban J connectivity index is 0.000000424. The van der Waals surface area contributed by atoms with Crippen molar-refractivity contribution in [2.45, 2.75) is 86.5 Å². The third-order valence-corrected chi connectivity index (χ3v) is 21.8. The highest BCUT2D eigenvalue weighted by Crippen LogP contribution is 2.43. The second-order valence-electron chi connectivity index (χ2n) is 33.1. The molecule has 36 nitrogen and oxygen atoms in total. The van der Waals surface area contributed by atoms with E-state index in [1.807, 2.05) is 177 Å². The number of carbonyl (C=O) groups excluding carboxylic acids is 1. The first-order valence-corrected chi connectivity index (χ1v) is 44.8. The summed E-state index contributed by atoms with van der Waals surface area (Å²) in [5, 5.41) is 98.5. The third-order valence-electron chi connectivity index (χ3n) is 20.5. The van der Waals surface area contributed by atoms with E-state index in [1.54, 1.807) is 61.8 Å². The number of hydrazine groups is 1. The molecule has 0 bridgehead atoms. The standard InChI is InChI=1S/2C23H31N5O3S.C13H19N3OS.C12H19N3O3.C10H14N2O3.C7H6BrNO3.C6H15N.CH4/c2*1-14(2)16-12-17(20(30)13-19(16)29)22-24-25-23(32)28(22)15-7-8-21(31-6)18(11-15)27(5)10-9-26(3)4;1-15(2)7-8-16(3)12-9-11(14-10-18)5-6-13(12)17-4;1-13(2)7-8-14(3)11-9-10(15(16)17)5-6-12(11)18-4;1-5(2)6-3-7(10(15)12-11)9(14)4-8(6)13;1-12-7-3-2-5(9(10)11)4-6(7)8;1-4-5-6-7(2)3;/h2*7-8,11-14,29-30H,9-10H2,1-6H3,(H,25,32);2*5-6,9H,7-8H2,1-4H3;3-5,13-14H,11H2,1-2H3,(H,12,15);2-4H,1H3;4-6H2,1-3H3;1H4. The molecule has 0 saturated heterocycles. The van der Waals surface area contributed by atoms with Crippen LogP contribution in [-0.4, -0.2) is 299 Å². The van der Waals surface area contributed by atoms with Gasteiger partial charge in [0.1, 0.15) is 63.2 Å². The van der Waals surface area contributed by atoms with Crippen LogP contribution in [0.25, 0.3) is 34.2 Å². The molecule has 0 spiro atoms. The Hall–Kier alpha value is -12.2. The number of aliphatic imine (C=N–C) groups is 1. The quantitative estimate of drug-likeness (QED) is 0.00440. The number of phenols is 6. The zero-order valence-corrected chi connectivity index (χ0v) is 85.8. The Bertz CT molecular complexity index is 5380. The van der Waals surface area contributed by atoms with Gasteiger partial charge in [-0.1, -0.05) is 62.3 Å². The van der Waals surface area contributed by atoms with E-state index in [4.69, 9.17) is 54.0 Å². The van der Waals surface area contributed by atoms with Gasteiger partial charge in [-0.25, -0.2) is 5.84 Å². The number of halogens is 1. The number of non-ortho nitro benzene ring substituents is 2. The lowest BCUT2D eigenvalue weighted by molar-refractivity contribution is -0.385. The number of nitrogens with zero attached hydrogens (tertiary/aromatic N) is 16. The number of nitrogens with one attached hydrogen (secondary N) is 3. The zero-order chi connectivity index (χ0) is 101. The van der Waals surface area contributed by atoms with Crippen molar-refractivity contribution >= 4 is 103 Å². The zero-order valence-electron chi connectivity index (χ0n) is 81.7. The number of carbonyl (C=O) groups is 1. The van der Waals surface area contributed by atoms with Crippen LogP contribution in [0.5, 0.6) is 63.2 Å². The molecule has 11 N–H and O–H groups in total. The molecule has 0 fully saturated rings. The fourth-order valence-electron chi connectivity index (χ4n) is 12.8. The van der Waals surface area contributed by atoms with Crippen LogP contribution < -0.4 is 54.6 Å². The van der Waals surface area contributed by atoms with E-state index in [9.17, 15) is 55.7 Å². The highest BCUT2D eigenvalue weighted by atomic mass is 79.9. The van der Waals surface area contributed by atoms with Gasteiger partial charge in [0.05, 0.1) is 112 Å². The Morgan fingerprint density at radius 1 is 0.467 bits per heavy atom. The van der Waals surface area contributed by atoms with Gasteiger partial charge in [0, 0.05) is 123 Å². The fraction of sp³-hybridized carbons (Fsp3) is 0.432. The van der Waals surface area contributed by atoms with Gasteiger partial charge >= 0.3 is 0 Å². The average Bonchev–Trinajstić information content (AvgIpc) is 1.69. The number of nitro groups is 2. The number of aromatic nitrogens is 6. The van der Waals surface area contributed by atoms with Crippen LogP contribution in [0, 0.1) is 29.8 Å². The molecule has 1 amide bonds. The summed E-state index contributed by atoms with van der Waals surface area (Å²) in [4.78, 5) is 54.5. The minimum absolute atomic E-state index is 0. The molecule has 2 heterocycles. The van der Waals surface area contributed by atoms with E-state index in [0.29, 0.717) is 53.9 Å². The number of hydrogen-bond acceptors (Lipinski definition) is 32. The van der Waals surface area contributed by atoms with E-state index in [-0.39, 0.29) is 76.6 Å². The van der Waals surface area contributed by atoms with Crippen LogP contribution in [0.2, 0.25) is 0 Å². The minimum atomic E-state index is -0.589. The van der Waals surface area contributed by atoms with Crippen molar-refractivity contribution in [3.8, 4) is 97.4 Å². The molecule has 0 unspecified atom stereocenters. The summed E-state index contributed by atoms with van der Waals surface area (Å²) in [6.45, 7) is 22.0. The normalized spacial score (nSPS) is 10.7. The van der Waals surface area contributed by atoms with Crippen LogP contribution in [0.1, 0.15) is 114 Å². The Kier molecular flexibility index (Phi) is 49.8. The Morgan fingerprint density at radius 2 is 0.785 bits per heavy atom. The fourth-order valence-corrected chi connectivity index (χ4v) is 13.9. The number of phenolic OH excluding ortho intramolecular Hbond substituents is 6. The number of H-pyrrole nitrogens is 2. The minimum Gasteiger partial charge on any atom is -0.508 e. The number of nitrogens with two attached hydrogens (primary N) is 1. The molecule has 8 aromatic carbocycles. The molecule has 0 aliphatic carbocycles. The second kappa shape index (κ2) is 57.5. The number of aromatic amines is 2. The second-order valence-corrected chi connectivity index (χ2v) is 34.9. The SMILES string of the molecule is C.CC(C)c1cc(C(=O)NN)c(O)cc1O.CCCCN(C)C.COc1ccc(-n2c(-c3cc(C(C)C)c(O)cc3O)n[nH]c2=S)cc1N(C)CCN(C)C.COc1ccc(-n2c(-c3cc(C(C)C)c(O)cc3O)n[nH]c2=S)cc1N(C)CCN(C)C.COc1ccc(N=C=S)cc1N(C)CCN(C)C.COc1ccc([N+](=O)[O-])cc1Br.COc1ccc([N+](=O)[O-])cc1N(C)CCN(C)C. The van der Waals surface area contributed by atoms with Crippen molar-refractivity contribution in [1.82, 2.24) is 59.5 Å². The monoisotopic (exact) mass is 1990 g/mol. The van der Waals surface area contributed by atoms with E-state index >= 15 is 0 Å². The lowest BCUT2D eigenvalue weighted by Gasteiger charge is -2.24. The van der Waals surface area contributed by atoms with Crippen molar-refractivity contribution in [2.75, 3.05) is 213 Å². The molecule has 0 radical (unpaired) electrons. The van der Waals surface area contributed by atoms with Gasteiger partial charge in [-0.15, -0.1) is 0 Å². The maximum atomic E-state index is 11.2. The van der Waals surface area contributed by atoms with Gasteiger partial charge in [-0.2, -0.15) is 15.2 Å². The maximum absolute atomic E-state index is 11.2. The number of aromatic hydroxyl groups is 6. The number of unbranched alkanes of at least 4 members (excludes halogenated alkanes) is 1. The number of rotatable bonds is 35. The van der Waals surface area contributed by atoms with Crippen molar-refractivity contribution in [2.24, 2.45) is 10.8 Å². The lowest BCUT2D eigenvalue weighted by Crippen LogP contribution is -2.30. The summed E-state index contributed by atoms with van der Waals surface area (Å²) >= 11 is 18.8. The highest BCUT2D eigenvalue weighted by Gasteiger charge is 2.25. The van der Waals surface area contributed by atoms with Gasteiger partial charge in [0.2, 0.25) is 0 Å². The van der Waals surface area contributed by atoms with Crippen molar-refractivity contribution in [3.05, 3.63) is 184 Å². The van der Waals surface area contributed by atoms with E-state index in [0.717, 1.165) is 127 Å². The molecule has 740 valence electrons. The van der Waals surface area contributed by atoms with Crippen LogP contribution in [-0.2, 0) is 0 Å². The third kappa shape index (κ3) is 35.5. The van der Waals surface area contributed by atoms with E-state index in [1.165, 1.54) is 69.0 Å². The number of nitrogen functional groups attached to an aromatic ring is 1. The van der Waals surface area contributed by atoms with Gasteiger partial charge in [-0.05, 0) is 255 Å². The van der Waals surface area contributed by atoms with Crippen molar-refractivity contribution < 1.29 is 69.0 Å². The molecular formula is C95H139BrN20O16S3. The number of amides is 1. The van der Waals surface area contributed by atoms with Gasteiger partial charge in [-0.3, -0.25) is 49.8 Å². The van der Waals surface area contributed by atoms with Crippen molar-refractivity contribution in [3.63, 3.8) is 0 Å². The van der Waals surface area contributed by atoms with E-state index < -0.39 is 15.8 Å². The van der Waals surface area contributed by atoms with E-state index in [2.05, 4.69) is 133 Å². The number of nitro benzene ring substituents is 2. The molecular weight excluding hydrogens is 1850 g/mol. The number of benzene rings is 8. The molecule has 10 aromatic rings. The summed E-state index contributed by atoms with van der Waals surface area (Å²) in [6.07, 6.45) is 2.63. The van der Waals surface area contributed by atoms with Gasteiger partial charge < -0.3 is 98.4 Å². The Morgan fingerprint density at radius 3 is 1.10 bits per heavy atom. The summed E-state index contributed by atoms with van der Waals surface area (Å²) in [7, 11) is 36.4. The number of hydrogen-bond donors (Lipinski definition) is 10. The predicted molar refractivity (Wildman–Crippen MR) is 554 cm³/mol. The molecule has 40 heteroatoms. The molecule has 2 aromatic heterocycles. The van der Waals surface area contributed by atoms with Crippen LogP contribution >= 0.6 is 52.6 Å². The number of likely N-dealkylation sites (N-methyl/N-ethyl adjacent to an activating group) is 8. The molecule has 0 aliphatic rings. The number of anilines is 4.